The van der Waals surface area contributed by atoms with Gasteiger partial charge < -0.3 is 29.9 Å². The zero-order chi connectivity index (χ0) is 20.3. The van der Waals surface area contributed by atoms with Gasteiger partial charge in [0.2, 0.25) is 0 Å². The highest BCUT2D eigenvalue weighted by Crippen LogP contribution is 2.32. The summed E-state index contributed by atoms with van der Waals surface area (Å²) in [5, 5.41) is 40.0. The normalized spacial score (nSPS) is 22.1. The minimum absolute atomic E-state index is 0.0152. The Balaban J connectivity index is 1.89. The summed E-state index contributed by atoms with van der Waals surface area (Å²) >= 11 is 6.34. The van der Waals surface area contributed by atoms with Gasteiger partial charge in [-0.15, -0.1) is 0 Å². The van der Waals surface area contributed by atoms with Gasteiger partial charge in [0.15, 0.2) is 17.6 Å². The first-order valence-corrected chi connectivity index (χ1v) is 9.39. The van der Waals surface area contributed by atoms with Crippen molar-refractivity contribution in [1.29, 1.82) is 0 Å². The van der Waals surface area contributed by atoms with Crippen LogP contribution in [0.2, 0.25) is 5.02 Å². The van der Waals surface area contributed by atoms with Crippen LogP contribution < -0.4 is 4.74 Å². The lowest BCUT2D eigenvalue weighted by Gasteiger charge is -2.33. The summed E-state index contributed by atoms with van der Waals surface area (Å²) in [6, 6.07) is 12.7. The summed E-state index contributed by atoms with van der Waals surface area (Å²) in [5.74, 6) is 0.326. The summed E-state index contributed by atoms with van der Waals surface area (Å²) < 4.78 is 11.0. The molecule has 1 heterocycles. The largest absolute Gasteiger partial charge is 0.506 e. The maximum atomic E-state index is 10.2. The van der Waals surface area contributed by atoms with Gasteiger partial charge in [-0.3, -0.25) is 0 Å². The van der Waals surface area contributed by atoms with Gasteiger partial charge in [-0.25, -0.2) is 0 Å². The predicted octanol–water partition coefficient (Wildman–Crippen LogP) is 2.67. The van der Waals surface area contributed by atoms with E-state index in [1.54, 1.807) is 18.2 Å². The molecular weight excluding hydrogens is 384 g/mol. The Kier molecular flexibility index (Phi) is 6.46. The molecule has 28 heavy (non-hydrogen) atoms. The first-order chi connectivity index (χ1) is 13.4. The van der Waals surface area contributed by atoms with Gasteiger partial charge in [-0.2, -0.15) is 0 Å². The van der Waals surface area contributed by atoms with Crippen LogP contribution >= 0.6 is 11.6 Å². The number of rotatable bonds is 6. The van der Waals surface area contributed by atoms with Crippen LogP contribution in [-0.2, 0) is 11.2 Å². The number of aliphatic hydroxyl groups is 4. The van der Waals surface area contributed by atoms with Gasteiger partial charge in [0.1, 0.15) is 18.0 Å². The van der Waals surface area contributed by atoms with E-state index in [0.29, 0.717) is 23.6 Å². The van der Waals surface area contributed by atoms with Crippen LogP contribution in [0.25, 0.3) is 5.76 Å². The summed E-state index contributed by atoms with van der Waals surface area (Å²) in [6.45, 7) is 2.02. The molecule has 0 amide bonds. The Morgan fingerprint density at radius 2 is 1.82 bits per heavy atom. The molecule has 7 heteroatoms. The molecule has 0 saturated carbocycles. The van der Waals surface area contributed by atoms with E-state index in [4.69, 9.17) is 21.1 Å². The van der Waals surface area contributed by atoms with Crippen molar-refractivity contribution in [3.8, 4) is 5.75 Å². The fraction of sp³-hybridized carbons (Fsp3) is 0.333. The van der Waals surface area contributed by atoms with Crippen molar-refractivity contribution < 1.29 is 29.9 Å². The molecule has 0 unspecified atom stereocenters. The molecule has 0 saturated heterocycles. The van der Waals surface area contributed by atoms with Gasteiger partial charge in [0.25, 0.3) is 0 Å². The van der Waals surface area contributed by atoms with Crippen LogP contribution in [0.15, 0.2) is 48.2 Å². The van der Waals surface area contributed by atoms with Crippen molar-refractivity contribution in [3.63, 3.8) is 0 Å². The highest BCUT2D eigenvalue weighted by atomic mass is 35.5. The number of benzene rings is 2. The zero-order valence-electron chi connectivity index (χ0n) is 15.4. The third-order valence-corrected chi connectivity index (χ3v) is 4.97. The molecule has 4 N–H and O–H groups in total. The minimum Gasteiger partial charge on any atom is -0.506 e. The number of aliphatic hydroxyl groups excluding tert-OH is 4. The number of ether oxygens (including phenoxy) is 2. The zero-order valence-corrected chi connectivity index (χ0v) is 16.1. The SMILES string of the molecule is CCOc1ccc(Cc2cc(C3=C(O)[C@@H](O)[C@H](O)[C@@H](CO)O3)ccc2Cl)cc1. The Hall–Kier alpha value is -2.25. The molecule has 3 atom stereocenters. The van der Waals surface area contributed by atoms with E-state index in [2.05, 4.69) is 0 Å². The van der Waals surface area contributed by atoms with Crippen LogP contribution in [0.5, 0.6) is 5.75 Å². The second-order valence-electron chi connectivity index (χ2n) is 6.55. The molecule has 3 rings (SSSR count). The molecule has 0 spiro atoms. The standard InChI is InChI=1S/C21H23ClO6/c1-2-27-15-6-3-12(4-7-15)9-14-10-13(5-8-16(14)22)21-20(26)19(25)18(24)17(11-23)28-21/h3-8,10,17-19,23-26H,2,9,11H2,1H3/t17-,18-,19+/m1/s1. The van der Waals surface area contributed by atoms with Gasteiger partial charge in [0.05, 0.1) is 13.2 Å². The van der Waals surface area contributed by atoms with Crippen LogP contribution in [0.1, 0.15) is 23.6 Å². The lowest BCUT2D eigenvalue weighted by atomic mass is 9.97. The highest BCUT2D eigenvalue weighted by Gasteiger charge is 2.38. The monoisotopic (exact) mass is 406 g/mol. The summed E-state index contributed by atoms with van der Waals surface area (Å²) in [4.78, 5) is 0. The molecule has 0 aromatic heterocycles. The first kappa shape index (κ1) is 20.5. The second kappa shape index (κ2) is 8.84. The molecular formula is C21H23ClO6. The lowest BCUT2D eigenvalue weighted by molar-refractivity contribution is -0.0915. The number of halogens is 1. The van der Waals surface area contributed by atoms with Crippen molar-refractivity contribution in [2.45, 2.75) is 31.7 Å². The van der Waals surface area contributed by atoms with E-state index in [1.165, 1.54) is 0 Å². The lowest BCUT2D eigenvalue weighted by Crippen LogP contribution is -2.45. The average Bonchev–Trinajstić information content (AvgIpc) is 2.70. The molecule has 150 valence electrons. The van der Waals surface area contributed by atoms with Crippen molar-refractivity contribution in [3.05, 3.63) is 69.9 Å². The maximum Gasteiger partial charge on any atom is 0.167 e. The van der Waals surface area contributed by atoms with Crippen molar-refractivity contribution >= 4 is 17.4 Å². The smallest absolute Gasteiger partial charge is 0.167 e. The fourth-order valence-electron chi connectivity index (χ4n) is 3.08. The van der Waals surface area contributed by atoms with Gasteiger partial charge in [-0.1, -0.05) is 23.7 Å². The molecule has 2 aromatic rings. The van der Waals surface area contributed by atoms with Crippen LogP contribution in [0, 0.1) is 0 Å². The van der Waals surface area contributed by atoms with Gasteiger partial charge in [0, 0.05) is 10.6 Å². The van der Waals surface area contributed by atoms with E-state index < -0.39 is 30.7 Å². The van der Waals surface area contributed by atoms with Gasteiger partial charge in [-0.05, 0) is 54.8 Å². The highest BCUT2D eigenvalue weighted by molar-refractivity contribution is 6.31. The second-order valence-corrected chi connectivity index (χ2v) is 6.96. The summed E-state index contributed by atoms with van der Waals surface area (Å²) in [7, 11) is 0. The molecule has 6 nitrogen and oxygen atoms in total. The van der Waals surface area contributed by atoms with Crippen LogP contribution in [0.4, 0.5) is 0 Å². The summed E-state index contributed by atoms with van der Waals surface area (Å²) in [6.07, 6.45) is -3.44. The van der Waals surface area contributed by atoms with Crippen molar-refractivity contribution in [1.82, 2.24) is 0 Å². The Bertz CT molecular complexity index is 848. The maximum absolute atomic E-state index is 10.2. The van der Waals surface area contributed by atoms with E-state index in [9.17, 15) is 20.4 Å². The number of hydrogen-bond acceptors (Lipinski definition) is 6. The molecule has 0 radical (unpaired) electrons. The first-order valence-electron chi connectivity index (χ1n) is 9.02. The molecule has 0 fully saturated rings. The van der Waals surface area contributed by atoms with Gasteiger partial charge >= 0.3 is 0 Å². The molecule has 0 bridgehead atoms. The Labute approximate surface area is 168 Å². The Morgan fingerprint density at radius 1 is 1.11 bits per heavy atom. The average molecular weight is 407 g/mol. The van der Waals surface area contributed by atoms with Crippen LogP contribution in [-0.4, -0.2) is 52.0 Å². The molecule has 2 aromatic carbocycles. The molecule has 0 aliphatic carbocycles. The van der Waals surface area contributed by atoms with Crippen molar-refractivity contribution in [2.75, 3.05) is 13.2 Å². The third-order valence-electron chi connectivity index (χ3n) is 4.60. The third kappa shape index (κ3) is 4.25. The summed E-state index contributed by atoms with van der Waals surface area (Å²) in [5.41, 5.74) is 2.31. The van der Waals surface area contributed by atoms with E-state index in [0.717, 1.165) is 16.9 Å². The molecule has 1 aliphatic rings. The van der Waals surface area contributed by atoms with Crippen LogP contribution in [0.3, 0.4) is 0 Å². The minimum atomic E-state index is -1.54. The predicted molar refractivity (Wildman–Crippen MR) is 105 cm³/mol. The topological polar surface area (TPSA) is 99.4 Å². The van der Waals surface area contributed by atoms with E-state index in [1.807, 2.05) is 31.2 Å². The fourth-order valence-corrected chi connectivity index (χ4v) is 3.27. The molecule has 1 aliphatic heterocycles. The quantitative estimate of drug-likeness (QED) is 0.588. The van der Waals surface area contributed by atoms with E-state index >= 15 is 0 Å². The number of hydrogen-bond donors (Lipinski definition) is 4. The Morgan fingerprint density at radius 3 is 2.46 bits per heavy atom. The van der Waals surface area contributed by atoms with Crippen molar-refractivity contribution in [2.24, 2.45) is 0 Å². The van der Waals surface area contributed by atoms with E-state index in [-0.39, 0.29) is 5.76 Å².